The summed E-state index contributed by atoms with van der Waals surface area (Å²) in [5, 5.41) is 0. The van der Waals surface area contributed by atoms with Gasteiger partial charge >= 0.3 is 0 Å². The van der Waals surface area contributed by atoms with Crippen LogP contribution in [0.3, 0.4) is 0 Å². The van der Waals surface area contributed by atoms with Crippen molar-refractivity contribution in [2.75, 3.05) is 0 Å². The molecular formula is C27H44. The lowest BCUT2D eigenvalue weighted by atomic mass is 9.50. The fraction of sp³-hybridized carbons (Fsp3) is 0.852. The van der Waals surface area contributed by atoms with E-state index in [1.165, 1.54) is 70.6 Å². The van der Waals surface area contributed by atoms with Crippen molar-refractivity contribution >= 4 is 0 Å². The lowest BCUT2D eigenvalue weighted by molar-refractivity contribution is 0.0748. The highest BCUT2D eigenvalue weighted by molar-refractivity contribution is 5.38. The van der Waals surface area contributed by atoms with Crippen molar-refractivity contribution in [1.82, 2.24) is 0 Å². The summed E-state index contributed by atoms with van der Waals surface area (Å²) < 4.78 is 0. The maximum atomic E-state index is 2.67. The van der Waals surface area contributed by atoms with Crippen LogP contribution in [0.1, 0.15) is 105 Å². The van der Waals surface area contributed by atoms with Gasteiger partial charge in [-0.15, -0.1) is 0 Å². The van der Waals surface area contributed by atoms with E-state index in [0.29, 0.717) is 10.8 Å². The molecule has 0 spiro atoms. The van der Waals surface area contributed by atoms with Gasteiger partial charge in [0.1, 0.15) is 0 Å². The molecule has 4 rings (SSSR count). The minimum atomic E-state index is 0.508. The van der Waals surface area contributed by atoms with Crippen LogP contribution in [0.5, 0.6) is 0 Å². The first-order valence-electron chi connectivity index (χ1n) is 12.3. The molecule has 0 aromatic carbocycles. The van der Waals surface area contributed by atoms with Gasteiger partial charge in [0.25, 0.3) is 0 Å². The highest BCUT2D eigenvalue weighted by atomic mass is 14.6. The van der Waals surface area contributed by atoms with Crippen molar-refractivity contribution in [2.24, 2.45) is 40.4 Å². The summed E-state index contributed by atoms with van der Waals surface area (Å²) in [4.78, 5) is 0. The monoisotopic (exact) mass is 368 g/mol. The molecule has 1 saturated carbocycles. The number of hydrogen-bond acceptors (Lipinski definition) is 0. The van der Waals surface area contributed by atoms with Gasteiger partial charge in [0.05, 0.1) is 0 Å². The summed E-state index contributed by atoms with van der Waals surface area (Å²) in [5.41, 5.74) is 4.92. The van der Waals surface area contributed by atoms with Crippen LogP contribution in [0.4, 0.5) is 0 Å². The molecule has 4 aliphatic carbocycles. The molecule has 0 amide bonds. The Morgan fingerprint density at radius 1 is 0.963 bits per heavy atom. The normalized spacial score (nSPS) is 42.1. The third-order valence-electron chi connectivity index (χ3n) is 9.56. The fourth-order valence-electron chi connectivity index (χ4n) is 7.88. The van der Waals surface area contributed by atoms with Crippen LogP contribution in [0.15, 0.2) is 23.3 Å². The van der Waals surface area contributed by atoms with Crippen LogP contribution < -0.4 is 0 Å². The maximum absolute atomic E-state index is 2.67. The molecule has 1 fully saturated rings. The summed E-state index contributed by atoms with van der Waals surface area (Å²) in [7, 11) is 0. The Labute approximate surface area is 169 Å². The van der Waals surface area contributed by atoms with Crippen molar-refractivity contribution in [3.8, 4) is 0 Å². The van der Waals surface area contributed by atoms with Crippen molar-refractivity contribution in [3.05, 3.63) is 23.3 Å². The van der Waals surface area contributed by atoms with Gasteiger partial charge in [0, 0.05) is 5.92 Å². The van der Waals surface area contributed by atoms with Gasteiger partial charge in [-0.3, -0.25) is 0 Å². The Morgan fingerprint density at radius 2 is 1.78 bits per heavy atom. The largest absolute Gasteiger partial charge is 0.0840 e. The van der Waals surface area contributed by atoms with Crippen molar-refractivity contribution in [2.45, 2.75) is 105 Å². The van der Waals surface area contributed by atoms with E-state index >= 15 is 0 Å². The van der Waals surface area contributed by atoms with E-state index < -0.39 is 0 Å². The number of rotatable bonds is 5. The van der Waals surface area contributed by atoms with E-state index in [0.717, 1.165) is 29.6 Å². The molecule has 0 radical (unpaired) electrons. The molecule has 0 heteroatoms. The highest BCUT2D eigenvalue weighted by Crippen LogP contribution is 2.64. The second kappa shape index (κ2) is 7.38. The maximum Gasteiger partial charge on any atom is 0.00394 e. The third-order valence-corrected chi connectivity index (χ3v) is 9.56. The lowest BCUT2D eigenvalue weighted by Gasteiger charge is -2.54. The first kappa shape index (κ1) is 19.8. The average Bonchev–Trinajstić information content (AvgIpc) is 2.98. The predicted octanol–water partition coefficient (Wildman–Crippen LogP) is 8.34. The minimum absolute atomic E-state index is 0.508. The number of allylic oxidation sites excluding steroid dienone is 4. The molecule has 6 atom stereocenters. The van der Waals surface area contributed by atoms with Crippen molar-refractivity contribution in [1.29, 1.82) is 0 Å². The van der Waals surface area contributed by atoms with Gasteiger partial charge in [0.2, 0.25) is 0 Å². The second-order valence-corrected chi connectivity index (χ2v) is 11.6. The van der Waals surface area contributed by atoms with E-state index in [1.807, 2.05) is 11.1 Å². The van der Waals surface area contributed by atoms with Gasteiger partial charge in [-0.25, -0.2) is 0 Å². The first-order valence-corrected chi connectivity index (χ1v) is 12.3. The van der Waals surface area contributed by atoms with Crippen LogP contribution >= 0.6 is 0 Å². The Balaban J connectivity index is 1.54. The number of hydrogen-bond donors (Lipinski definition) is 0. The third kappa shape index (κ3) is 3.28. The molecule has 0 aliphatic heterocycles. The molecule has 0 N–H and O–H groups in total. The lowest BCUT2D eigenvalue weighted by Crippen LogP contribution is -2.44. The van der Waals surface area contributed by atoms with E-state index in [2.05, 4.69) is 46.8 Å². The number of fused-ring (bicyclic) bond motifs is 4. The molecule has 0 bridgehead atoms. The van der Waals surface area contributed by atoms with Crippen LogP contribution in [-0.4, -0.2) is 0 Å². The van der Waals surface area contributed by atoms with E-state index in [4.69, 9.17) is 0 Å². The fourth-order valence-corrected chi connectivity index (χ4v) is 7.88. The zero-order chi connectivity index (χ0) is 19.2. The van der Waals surface area contributed by atoms with Gasteiger partial charge in [-0.05, 0) is 73.0 Å². The van der Waals surface area contributed by atoms with E-state index in [-0.39, 0.29) is 0 Å². The molecule has 0 unspecified atom stereocenters. The molecule has 0 saturated heterocycles. The average molecular weight is 369 g/mol. The Hall–Kier alpha value is -0.520. The highest BCUT2D eigenvalue weighted by Gasteiger charge is 2.53. The van der Waals surface area contributed by atoms with Crippen LogP contribution in [0.2, 0.25) is 0 Å². The van der Waals surface area contributed by atoms with Crippen LogP contribution in [0.25, 0.3) is 0 Å². The molecule has 4 aliphatic rings. The zero-order valence-corrected chi connectivity index (χ0v) is 18.8. The van der Waals surface area contributed by atoms with Crippen molar-refractivity contribution in [3.63, 3.8) is 0 Å². The SMILES string of the molecule is CC(C)CCC[C@@H](C)[C@H]1C=C[C@H]2C3=C(CC[C@]12C)[C@@]1(C)CCCC[C@@H]1CC3. The summed E-state index contributed by atoms with van der Waals surface area (Å²) in [5.74, 6) is 4.26. The second-order valence-electron chi connectivity index (χ2n) is 11.6. The standard InChI is InChI=1S/C27H44/c1-19(2)9-8-10-20(3)23-14-15-24-22-13-12-21-11-6-7-17-26(21,4)25(22)16-18-27(23,24)5/h14-15,19-21,23-24H,6-13,16-18H2,1-5H3/t20-,21-,23-,24+,26+,27-/m1/s1. The van der Waals surface area contributed by atoms with Gasteiger partial charge in [0.15, 0.2) is 0 Å². The Morgan fingerprint density at radius 3 is 2.56 bits per heavy atom. The van der Waals surface area contributed by atoms with E-state index in [1.54, 1.807) is 0 Å². The molecule has 0 aromatic rings. The molecule has 0 aromatic heterocycles. The Bertz CT molecular complexity index is 608. The summed E-state index contributed by atoms with van der Waals surface area (Å²) in [6.07, 6.45) is 21.2. The Kier molecular flexibility index (Phi) is 5.41. The molecular weight excluding hydrogens is 324 g/mol. The zero-order valence-electron chi connectivity index (χ0n) is 18.8. The summed E-state index contributed by atoms with van der Waals surface area (Å²) in [6.45, 7) is 12.6. The summed E-state index contributed by atoms with van der Waals surface area (Å²) >= 11 is 0. The molecule has 152 valence electrons. The molecule has 27 heavy (non-hydrogen) atoms. The first-order chi connectivity index (χ1) is 12.9. The van der Waals surface area contributed by atoms with Gasteiger partial charge < -0.3 is 0 Å². The van der Waals surface area contributed by atoms with Crippen LogP contribution in [0, 0.1) is 40.4 Å². The topological polar surface area (TPSA) is 0 Å². The quantitative estimate of drug-likeness (QED) is 0.428. The van der Waals surface area contributed by atoms with Gasteiger partial charge in [-0.1, -0.05) is 90.0 Å². The molecule has 0 heterocycles. The smallest absolute Gasteiger partial charge is 0.00394 e. The molecule has 0 nitrogen and oxygen atoms in total. The van der Waals surface area contributed by atoms with Crippen molar-refractivity contribution < 1.29 is 0 Å². The minimum Gasteiger partial charge on any atom is -0.0840 e. The predicted molar refractivity (Wildman–Crippen MR) is 118 cm³/mol. The summed E-state index contributed by atoms with van der Waals surface area (Å²) in [6, 6.07) is 0. The van der Waals surface area contributed by atoms with Crippen LogP contribution in [-0.2, 0) is 0 Å². The van der Waals surface area contributed by atoms with E-state index in [9.17, 15) is 0 Å². The van der Waals surface area contributed by atoms with Gasteiger partial charge in [-0.2, -0.15) is 0 Å².